The van der Waals surface area contributed by atoms with Crippen LogP contribution in [0.25, 0.3) is 0 Å². The smallest absolute Gasteiger partial charge is 0.242 e. The third kappa shape index (κ3) is 10.9. The Morgan fingerprint density at radius 3 is 2.35 bits per heavy atom. The first-order chi connectivity index (χ1) is 24.0. The van der Waals surface area contributed by atoms with Gasteiger partial charge in [0.15, 0.2) is 6.29 Å². The van der Waals surface area contributed by atoms with E-state index in [1.807, 2.05) is 38.1 Å². The number of carbonyl (C=O) groups excluding carboxylic acids is 1. The molecule has 10 atom stereocenters. The van der Waals surface area contributed by atoms with E-state index in [1.54, 1.807) is 14.2 Å². The molecule has 3 aliphatic rings. The van der Waals surface area contributed by atoms with Crippen molar-refractivity contribution in [2.24, 2.45) is 17.3 Å². The predicted molar refractivity (Wildman–Crippen MR) is 201 cm³/mol. The molecule has 0 spiro atoms. The van der Waals surface area contributed by atoms with E-state index in [4.69, 9.17) is 23.7 Å². The van der Waals surface area contributed by atoms with Crippen molar-refractivity contribution in [2.45, 2.75) is 123 Å². The van der Waals surface area contributed by atoms with Crippen LogP contribution in [0.2, 0.25) is 0 Å². The van der Waals surface area contributed by atoms with Crippen LogP contribution >= 0.6 is 0 Å². The molecular formula is C40H70N4O7. The molecule has 3 fully saturated rings. The second kappa shape index (κ2) is 18.0. The highest BCUT2D eigenvalue weighted by atomic mass is 16.7. The van der Waals surface area contributed by atoms with Gasteiger partial charge in [-0.3, -0.25) is 14.6 Å². The van der Waals surface area contributed by atoms with Gasteiger partial charge in [-0.15, -0.1) is 0 Å². The van der Waals surface area contributed by atoms with Crippen LogP contribution in [0, 0.1) is 17.3 Å². The minimum absolute atomic E-state index is 0.0472. The van der Waals surface area contributed by atoms with Gasteiger partial charge in [-0.05, 0) is 96.1 Å². The summed E-state index contributed by atoms with van der Waals surface area (Å²) in [5.74, 6) is 1.22. The molecule has 0 bridgehead atoms. The van der Waals surface area contributed by atoms with Crippen LogP contribution in [0.3, 0.4) is 0 Å². The van der Waals surface area contributed by atoms with E-state index in [2.05, 4.69) is 75.4 Å². The number of carbonyl (C=O) groups is 1. The van der Waals surface area contributed by atoms with Crippen LogP contribution < -0.4 is 4.74 Å². The monoisotopic (exact) mass is 719 g/mol. The SMILES string of the molecule is COc1cccc(CN2CCN(C(=O)[C@H]3[C@H](C)OCC(C)(C)C[C@@H](C)[C@@H](O[C@@H]4O[C@H](C)C[C@H](N(C)C)[C@H]4O)[C@](C)(OC)C[C@@H](C)CN3C)CC2)c1. The van der Waals surface area contributed by atoms with Gasteiger partial charge >= 0.3 is 0 Å². The standard InChI is InChI=1S/C40H70N4O7/c1-27-22-40(7,48-12)36(51-38-35(45)33(41(8)9)20-29(3)50-38)28(2)23-39(5,6)26-49-30(4)34(42(10)24-27)37(46)44-18-16-43(17-19-44)25-31-14-13-15-32(21-31)47-11/h13-15,21,27-30,33-36,38,45H,16-20,22-26H2,1-12H3/t27-,28-,29-,30+,33+,34-,35-,36-,38+,40-/m1/s1. The lowest BCUT2D eigenvalue weighted by molar-refractivity contribution is -0.298. The Kier molecular flexibility index (Phi) is 14.8. The van der Waals surface area contributed by atoms with E-state index in [-0.39, 0.29) is 47.5 Å². The fourth-order valence-corrected chi connectivity index (χ4v) is 8.93. The summed E-state index contributed by atoms with van der Waals surface area (Å²) in [5.41, 5.74) is 0.321. The number of piperazine rings is 1. The third-order valence-electron chi connectivity index (χ3n) is 11.5. The molecular weight excluding hydrogens is 648 g/mol. The maximum absolute atomic E-state index is 14.4. The lowest BCUT2D eigenvalue weighted by Crippen LogP contribution is -2.59. The van der Waals surface area contributed by atoms with E-state index in [1.165, 1.54) is 5.56 Å². The summed E-state index contributed by atoms with van der Waals surface area (Å²) in [5, 5.41) is 11.4. The van der Waals surface area contributed by atoms with Gasteiger partial charge in [0.25, 0.3) is 0 Å². The van der Waals surface area contributed by atoms with E-state index in [9.17, 15) is 9.90 Å². The van der Waals surface area contributed by atoms with Gasteiger partial charge in [0, 0.05) is 52.4 Å². The number of aliphatic hydroxyl groups excluding tert-OH is 1. The summed E-state index contributed by atoms with van der Waals surface area (Å²) in [6, 6.07) is 7.72. The first-order valence-corrected chi connectivity index (χ1v) is 19.1. The molecule has 1 N–H and O–H groups in total. The number of nitrogens with zero attached hydrogens (tertiary/aromatic N) is 4. The van der Waals surface area contributed by atoms with Gasteiger partial charge in [0.05, 0.1) is 37.6 Å². The Balaban J connectivity index is 1.52. The normalized spacial score (nSPS) is 36.6. The zero-order valence-electron chi connectivity index (χ0n) is 33.8. The molecule has 0 saturated carbocycles. The number of amides is 1. The number of benzene rings is 1. The number of likely N-dealkylation sites (N-methyl/N-ethyl adjacent to an activating group) is 2. The number of ether oxygens (including phenoxy) is 5. The third-order valence-corrected chi connectivity index (χ3v) is 11.5. The Morgan fingerprint density at radius 1 is 1.04 bits per heavy atom. The highest BCUT2D eigenvalue weighted by molar-refractivity contribution is 5.82. The van der Waals surface area contributed by atoms with Gasteiger partial charge in [0.2, 0.25) is 5.91 Å². The average Bonchev–Trinajstić information content (AvgIpc) is 3.07. The molecule has 51 heavy (non-hydrogen) atoms. The Bertz CT molecular complexity index is 1240. The fraction of sp³-hybridized carbons (Fsp3) is 0.825. The van der Waals surface area contributed by atoms with E-state index in [0.717, 1.165) is 38.2 Å². The van der Waals surface area contributed by atoms with Crippen molar-refractivity contribution in [1.82, 2.24) is 19.6 Å². The molecule has 1 amide bonds. The number of methoxy groups -OCH3 is 2. The minimum Gasteiger partial charge on any atom is -0.497 e. The van der Waals surface area contributed by atoms with Crippen molar-refractivity contribution < 1.29 is 33.6 Å². The van der Waals surface area contributed by atoms with Crippen LogP contribution in [-0.4, -0.2) is 154 Å². The molecule has 0 radical (unpaired) electrons. The molecule has 0 unspecified atom stereocenters. The summed E-state index contributed by atoms with van der Waals surface area (Å²) >= 11 is 0. The highest BCUT2D eigenvalue weighted by Gasteiger charge is 2.47. The Labute approximate surface area is 308 Å². The van der Waals surface area contributed by atoms with Crippen molar-refractivity contribution >= 4 is 5.91 Å². The molecule has 292 valence electrons. The molecule has 1 aromatic carbocycles. The van der Waals surface area contributed by atoms with Crippen LogP contribution in [0.1, 0.15) is 73.3 Å². The summed E-state index contributed by atoms with van der Waals surface area (Å²) in [4.78, 5) is 23.1. The van der Waals surface area contributed by atoms with Crippen molar-refractivity contribution in [3.63, 3.8) is 0 Å². The zero-order valence-corrected chi connectivity index (χ0v) is 33.8. The topological polar surface area (TPSA) is 96.4 Å². The number of hydrogen-bond acceptors (Lipinski definition) is 10. The maximum atomic E-state index is 14.4. The molecule has 11 heteroatoms. The molecule has 0 aliphatic carbocycles. The molecule has 3 heterocycles. The Hall–Kier alpha value is -1.83. The van der Waals surface area contributed by atoms with Gasteiger partial charge in [-0.2, -0.15) is 0 Å². The van der Waals surface area contributed by atoms with Crippen molar-refractivity contribution in [2.75, 3.05) is 74.7 Å². The van der Waals surface area contributed by atoms with E-state index < -0.39 is 24.0 Å². The summed E-state index contributed by atoms with van der Waals surface area (Å²) in [6.07, 6.45) is -0.00873. The van der Waals surface area contributed by atoms with Crippen LogP contribution in [0.4, 0.5) is 0 Å². The quantitative estimate of drug-likeness (QED) is 0.418. The van der Waals surface area contributed by atoms with Crippen molar-refractivity contribution in [1.29, 1.82) is 0 Å². The molecule has 3 saturated heterocycles. The molecule has 3 aliphatic heterocycles. The van der Waals surface area contributed by atoms with Gasteiger partial charge in [0.1, 0.15) is 17.9 Å². The zero-order chi connectivity index (χ0) is 37.7. The van der Waals surface area contributed by atoms with Gasteiger partial charge in [-0.25, -0.2) is 0 Å². The largest absolute Gasteiger partial charge is 0.497 e. The van der Waals surface area contributed by atoms with E-state index in [0.29, 0.717) is 32.7 Å². The van der Waals surface area contributed by atoms with E-state index >= 15 is 0 Å². The second-order valence-corrected chi connectivity index (χ2v) is 17.2. The van der Waals surface area contributed by atoms with Crippen LogP contribution in [0.5, 0.6) is 5.75 Å². The van der Waals surface area contributed by atoms with Crippen LogP contribution in [-0.2, 0) is 30.3 Å². The first-order valence-electron chi connectivity index (χ1n) is 19.1. The number of aliphatic hydroxyl groups is 1. The van der Waals surface area contributed by atoms with Gasteiger partial charge < -0.3 is 38.6 Å². The highest BCUT2D eigenvalue weighted by Crippen LogP contribution is 2.39. The predicted octanol–water partition coefficient (Wildman–Crippen LogP) is 4.35. The molecule has 11 nitrogen and oxygen atoms in total. The van der Waals surface area contributed by atoms with Gasteiger partial charge in [-0.1, -0.05) is 39.8 Å². The lowest BCUT2D eigenvalue weighted by atomic mass is 9.75. The molecule has 0 aromatic heterocycles. The van der Waals surface area contributed by atoms with Crippen molar-refractivity contribution in [3.05, 3.63) is 29.8 Å². The first kappa shape index (κ1) is 41.9. The Morgan fingerprint density at radius 2 is 1.73 bits per heavy atom. The molecule has 1 aromatic rings. The second-order valence-electron chi connectivity index (χ2n) is 17.2. The maximum Gasteiger partial charge on any atom is 0.242 e. The summed E-state index contributed by atoms with van der Waals surface area (Å²) < 4.78 is 31.6. The van der Waals surface area contributed by atoms with Crippen LogP contribution in [0.15, 0.2) is 24.3 Å². The summed E-state index contributed by atoms with van der Waals surface area (Å²) in [7, 11) is 9.50. The fourth-order valence-electron chi connectivity index (χ4n) is 8.93. The lowest BCUT2D eigenvalue weighted by Gasteiger charge is -2.47. The average molecular weight is 719 g/mol. The minimum atomic E-state index is -0.787. The number of hydrogen-bond donors (Lipinski definition) is 1. The molecule has 4 rings (SSSR count). The van der Waals surface area contributed by atoms with Crippen molar-refractivity contribution in [3.8, 4) is 5.75 Å². The summed E-state index contributed by atoms with van der Waals surface area (Å²) in [6.45, 7) is 20.1. The number of rotatable bonds is 8.